The van der Waals surface area contributed by atoms with Crippen LogP contribution in [0.5, 0.6) is 0 Å². The topological polar surface area (TPSA) is 56.4 Å². The number of benzene rings is 2. The minimum Gasteiger partial charge on any atom is -0.377 e. The molecule has 0 atom stereocenters. The van der Waals surface area contributed by atoms with Crippen LogP contribution in [0.1, 0.15) is 10.4 Å². The van der Waals surface area contributed by atoms with E-state index in [1.165, 1.54) is 0 Å². The SMILES string of the molecule is CN(C)c1ccccc1C(=O)NNC(=S)Nc1ccccc1. The van der Waals surface area contributed by atoms with Gasteiger partial charge in [0, 0.05) is 25.5 Å². The molecule has 0 saturated carbocycles. The zero-order valence-corrected chi connectivity index (χ0v) is 13.3. The maximum atomic E-state index is 12.2. The minimum absolute atomic E-state index is 0.249. The van der Waals surface area contributed by atoms with E-state index in [1.54, 1.807) is 6.07 Å². The number of hydrazine groups is 1. The Balaban J connectivity index is 1.94. The molecule has 0 heterocycles. The van der Waals surface area contributed by atoms with E-state index < -0.39 is 0 Å². The van der Waals surface area contributed by atoms with Gasteiger partial charge in [0.25, 0.3) is 5.91 Å². The zero-order chi connectivity index (χ0) is 15.9. The van der Waals surface area contributed by atoms with E-state index in [9.17, 15) is 4.79 Å². The molecule has 0 bridgehead atoms. The third kappa shape index (κ3) is 4.20. The Morgan fingerprint density at radius 3 is 2.27 bits per heavy atom. The Morgan fingerprint density at radius 2 is 1.59 bits per heavy atom. The van der Waals surface area contributed by atoms with Gasteiger partial charge in [-0.25, -0.2) is 0 Å². The van der Waals surface area contributed by atoms with Crippen molar-refractivity contribution in [1.82, 2.24) is 10.9 Å². The molecular weight excluding hydrogens is 296 g/mol. The van der Waals surface area contributed by atoms with Crippen LogP contribution in [0.15, 0.2) is 54.6 Å². The highest BCUT2D eigenvalue weighted by molar-refractivity contribution is 7.80. The summed E-state index contributed by atoms with van der Waals surface area (Å²) in [5.41, 5.74) is 7.55. The number of carbonyl (C=O) groups excluding carboxylic acids is 1. The van der Waals surface area contributed by atoms with Crippen molar-refractivity contribution in [3.05, 3.63) is 60.2 Å². The van der Waals surface area contributed by atoms with Gasteiger partial charge in [0.1, 0.15) is 0 Å². The molecule has 22 heavy (non-hydrogen) atoms. The first kappa shape index (κ1) is 15.8. The normalized spacial score (nSPS) is 9.73. The van der Waals surface area contributed by atoms with Gasteiger partial charge in [-0.05, 0) is 36.5 Å². The van der Waals surface area contributed by atoms with Gasteiger partial charge < -0.3 is 10.2 Å². The van der Waals surface area contributed by atoms with Gasteiger partial charge in [0.05, 0.1) is 5.56 Å². The molecule has 114 valence electrons. The van der Waals surface area contributed by atoms with E-state index in [-0.39, 0.29) is 5.91 Å². The van der Waals surface area contributed by atoms with Crippen LogP contribution in [0.4, 0.5) is 11.4 Å². The van der Waals surface area contributed by atoms with E-state index in [1.807, 2.05) is 67.5 Å². The van der Waals surface area contributed by atoms with Crippen molar-refractivity contribution in [1.29, 1.82) is 0 Å². The summed E-state index contributed by atoms with van der Waals surface area (Å²) in [7, 11) is 3.78. The van der Waals surface area contributed by atoms with Crippen LogP contribution in [0, 0.1) is 0 Å². The number of thiocarbonyl (C=S) groups is 1. The highest BCUT2D eigenvalue weighted by Gasteiger charge is 2.12. The number of hydrogen-bond donors (Lipinski definition) is 3. The highest BCUT2D eigenvalue weighted by Crippen LogP contribution is 2.17. The van der Waals surface area contributed by atoms with Crippen LogP contribution < -0.4 is 21.1 Å². The molecule has 0 radical (unpaired) electrons. The predicted octanol–water partition coefficient (Wildman–Crippen LogP) is 2.38. The number of amides is 1. The lowest BCUT2D eigenvalue weighted by molar-refractivity contribution is 0.0944. The number of carbonyl (C=O) groups is 1. The molecule has 0 aliphatic rings. The van der Waals surface area contributed by atoms with E-state index in [2.05, 4.69) is 16.2 Å². The fourth-order valence-electron chi connectivity index (χ4n) is 1.92. The molecule has 0 saturated heterocycles. The second kappa shape index (κ2) is 7.42. The number of rotatable bonds is 3. The summed E-state index contributed by atoms with van der Waals surface area (Å²) < 4.78 is 0. The third-order valence-electron chi connectivity index (χ3n) is 2.95. The molecule has 0 aromatic heterocycles. The molecule has 0 fully saturated rings. The van der Waals surface area contributed by atoms with Gasteiger partial charge in [0.15, 0.2) is 5.11 Å². The lowest BCUT2D eigenvalue weighted by Crippen LogP contribution is -2.44. The van der Waals surface area contributed by atoms with Crippen LogP contribution in [-0.2, 0) is 0 Å². The monoisotopic (exact) mass is 314 g/mol. The highest BCUT2D eigenvalue weighted by atomic mass is 32.1. The summed E-state index contributed by atoms with van der Waals surface area (Å²) in [6.45, 7) is 0. The van der Waals surface area contributed by atoms with E-state index >= 15 is 0 Å². The summed E-state index contributed by atoms with van der Waals surface area (Å²) in [6, 6.07) is 16.8. The van der Waals surface area contributed by atoms with Gasteiger partial charge in [-0.1, -0.05) is 30.3 Å². The molecular formula is C16H18N4OS. The Labute approximate surface area is 135 Å². The molecule has 0 spiro atoms. The van der Waals surface area contributed by atoms with Crippen LogP contribution >= 0.6 is 12.2 Å². The van der Waals surface area contributed by atoms with Crippen molar-refractivity contribution in [2.24, 2.45) is 0 Å². The summed E-state index contributed by atoms with van der Waals surface area (Å²) in [5, 5.41) is 3.30. The van der Waals surface area contributed by atoms with Crippen molar-refractivity contribution in [2.45, 2.75) is 0 Å². The van der Waals surface area contributed by atoms with Gasteiger partial charge in [0.2, 0.25) is 0 Å². The number of anilines is 2. The maximum Gasteiger partial charge on any atom is 0.271 e. The fraction of sp³-hybridized carbons (Fsp3) is 0.125. The summed E-state index contributed by atoms with van der Waals surface area (Å²) >= 11 is 5.14. The van der Waals surface area contributed by atoms with Crippen LogP contribution in [-0.4, -0.2) is 25.1 Å². The Kier molecular flexibility index (Phi) is 5.32. The number of nitrogens with one attached hydrogen (secondary N) is 3. The predicted molar refractivity (Wildman–Crippen MR) is 94.0 cm³/mol. The second-order valence-electron chi connectivity index (χ2n) is 4.81. The first-order chi connectivity index (χ1) is 10.6. The number of nitrogens with zero attached hydrogens (tertiary/aromatic N) is 1. The molecule has 3 N–H and O–H groups in total. The van der Waals surface area contributed by atoms with Crippen molar-refractivity contribution in [3.63, 3.8) is 0 Å². The van der Waals surface area contributed by atoms with E-state index in [0.717, 1.165) is 11.4 Å². The standard InChI is InChI=1S/C16H18N4OS/c1-20(2)14-11-7-6-10-13(14)15(21)18-19-16(22)17-12-8-4-3-5-9-12/h3-11H,1-2H3,(H,18,21)(H2,17,19,22). The Bertz CT molecular complexity index is 658. The van der Waals surface area contributed by atoms with Crippen LogP contribution in [0.25, 0.3) is 0 Å². The summed E-state index contributed by atoms with van der Waals surface area (Å²) in [4.78, 5) is 14.1. The van der Waals surface area contributed by atoms with Gasteiger partial charge in [-0.2, -0.15) is 0 Å². The Morgan fingerprint density at radius 1 is 0.955 bits per heavy atom. The van der Waals surface area contributed by atoms with E-state index in [4.69, 9.17) is 12.2 Å². The van der Waals surface area contributed by atoms with Crippen LogP contribution in [0.3, 0.4) is 0 Å². The van der Waals surface area contributed by atoms with E-state index in [0.29, 0.717) is 10.7 Å². The molecule has 0 unspecified atom stereocenters. The molecule has 2 aromatic rings. The maximum absolute atomic E-state index is 12.2. The fourth-order valence-corrected chi connectivity index (χ4v) is 2.09. The lowest BCUT2D eigenvalue weighted by Gasteiger charge is -2.17. The van der Waals surface area contributed by atoms with Gasteiger partial charge in [-0.3, -0.25) is 15.6 Å². The quantitative estimate of drug-likeness (QED) is 0.600. The smallest absolute Gasteiger partial charge is 0.271 e. The lowest BCUT2D eigenvalue weighted by atomic mass is 10.1. The first-order valence-corrected chi connectivity index (χ1v) is 7.17. The van der Waals surface area contributed by atoms with Gasteiger partial charge >= 0.3 is 0 Å². The van der Waals surface area contributed by atoms with Crippen LogP contribution in [0.2, 0.25) is 0 Å². The molecule has 0 aliphatic carbocycles. The van der Waals surface area contributed by atoms with Crippen molar-refractivity contribution in [2.75, 3.05) is 24.3 Å². The third-order valence-corrected chi connectivity index (χ3v) is 3.16. The minimum atomic E-state index is -0.249. The summed E-state index contributed by atoms with van der Waals surface area (Å²) in [5.74, 6) is -0.249. The van der Waals surface area contributed by atoms with Gasteiger partial charge in [-0.15, -0.1) is 0 Å². The largest absolute Gasteiger partial charge is 0.377 e. The molecule has 5 nitrogen and oxygen atoms in total. The Hall–Kier alpha value is -2.60. The molecule has 2 aromatic carbocycles. The van der Waals surface area contributed by atoms with Crippen molar-refractivity contribution < 1.29 is 4.79 Å². The first-order valence-electron chi connectivity index (χ1n) is 6.76. The molecule has 1 amide bonds. The van der Waals surface area contributed by atoms with Crippen molar-refractivity contribution >= 4 is 34.6 Å². The zero-order valence-electron chi connectivity index (χ0n) is 12.5. The molecule has 6 heteroatoms. The molecule has 2 rings (SSSR count). The average molecular weight is 314 g/mol. The van der Waals surface area contributed by atoms with Crippen molar-refractivity contribution in [3.8, 4) is 0 Å². The molecule has 0 aliphatic heterocycles. The summed E-state index contributed by atoms with van der Waals surface area (Å²) in [6.07, 6.45) is 0. The number of hydrogen-bond acceptors (Lipinski definition) is 3. The average Bonchev–Trinajstić information content (AvgIpc) is 2.53. The number of para-hydroxylation sites is 2. The second-order valence-corrected chi connectivity index (χ2v) is 5.22.